The lowest BCUT2D eigenvalue weighted by molar-refractivity contribution is 0.974. The van der Waals surface area contributed by atoms with Crippen molar-refractivity contribution in [2.75, 3.05) is 19.0 Å². The number of hydrogen-bond donors (Lipinski definition) is 0. The van der Waals surface area contributed by atoms with Crippen LogP contribution < -0.4 is 10.5 Å². The molecule has 27 heavy (non-hydrogen) atoms. The van der Waals surface area contributed by atoms with Crippen LogP contribution >= 0.6 is 0 Å². The van der Waals surface area contributed by atoms with E-state index in [1.807, 2.05) is 98.7 Å². The maximum atomic E-state index is 13.3. The lowest BCUT2D eigenvalue weighted by atomic mass is 10.1. The van der Waals surface area contributed by atoms with Crippen LogP contribution in [0.25, 0.3) is 28.0 Å². The average molecular weight is 355 g/mol. The molecule has 0 saturated carbocycles. The summed E-state index contributed by atoms with van der Waals surface area (Å²) in [6, 6.07) is 23.5. The van der Waals surface area contributed by atoms with Crippen LogP contribution in [0.15, 0.2) is 77.6 Å². The van der Waals surface area contributed by atoms with Gasteiger partial charge in [-0.2, -0.15) is 0 Å². The molecule has 4 rings (SSSR count). The van der Waals surface area contributed by atoms with E-state index in [2.05, 4.69) is 0 Å². The number of anilines is 1. The van der Waals surface area contributed by atoms with Crippen molar-refractivity contribution >= 4 is 16.6 Å². The summed E-state index contributed by atoms with van der Waals surface area (Å²) >= 11 is 0. The summed E-state index contributed by atoms with van der Waals surface area (Å²) in [6.07, 6.45) is 0. The Morgan fingerprint density at radius 2 is 1.52 bits per heavy atom. The predicted octanol–water partition coefficient (Wildman–Crippen LogP) is 4.43. The Hall–Kier alpha value is -3.40. The maximum Gasteiger partial charge on any atom is 0.266 e. The van der Waals surface area contributed by atoms with Gasteiger partial charge in [0.15, 0.2) is 0 Å². The molecule has 0 atom stereocenters. The van der Waals surface area contributed by atoms with Crippen molar-refractivity contribution in [1.82, 2.24) is 9.55 Å². The van der Waals surface area contributed by atoms with Gasteiger partial charge in [-0.3, -0.25) is 9.36 Å². The van der Waals surface area contributed by atoms with Gasteiger partial charge in [0.05, 0.1) is 16.6 Å². The number of rotatable bonds is 3. The molecule has 0 spiro atoms. The van der Waals surface area contributed by atoms with E-state index >= 15 is 0 Å². The quantitative estimate of drug-likeness (QED) is 0.546. The van der Waals surface area contributed by atoms with Crippen LogP contribution in [0, 0.1) is 6.92 Å². The van der Waals surface area contributed by atoms with Gasteiger partial charge in [-0.15, -0.1) is 0 Å². The van der Waals surface area contributed by atoms with Crippen LogP contribution in [0.4, 0.5) is 5.69 Å². The van der Waals surface area contributed by atoms with Gasteiger partial charge < -0.3 is 4.90 Å². The zero-order chi connectivity index (χ0) is 19.0. The van der Waals surface area contributed by atoms with Gasteiger partial charge in [0.25, 0.3) is 5.56 Å². The Morgan fingerprint density at radius 3 is 2.19 bits per heavy atom. The molecule has 1 heterocycles. The Balaban J connectivity index is 2.01. The number of hydrogen-bond acceptors (Lipinski definition) is 3. The zero-order valence-electron chi connectivity index (χ0n) is 15.7. The van der Waals surface area contributed by atoms with Gasteiger partial charge in [0.2, 0.25) is 0 Å². The summed E-state index contributed by atoms with van der Waals surface area (Å²) in [6.45, 7) is 2.03. The Bertz CT molecular complexity index is 1160. The molecule has 0 aliphatic heterocycles. The third-order valence-electron chi connectivity index (χ3n) is 4.71. The molecule has 0 aliphatic carbocycles. The number of nitrogens with zero attached hydrogens (tertiary/aromatic N) is 3. The standard InChI is InChI=1S/C23H21N3O/c1-16-8-12-19(13-9-16)26-22(17-10-14-18(15-11-17)25(2)3)24-21-7-5-4-6-20(21)23(26)27/h4-15H,1-3H3. The lowest BCUT2D eigenvalue weighted by Gasteiger charge is -2.16. The first-order valence-electron chi connectivity index (χ1n) is 8.91. The molecule has 0 aliphatic rings. The molecule has 0 N–H and O–H groups in total. The summed E-state index contributed by atoms with van der Waals surface area (Å²) in [5.74, 6) is 0.646. The molecule has 0 amide bonds. The van der Waals surface area contributed by atoms with Crippen LogP contribution in [0.5, 0.6) is 0 Å². The number of benzene rings is 3. The van der Waals surface area contributed by atoms with Crippen LogP contribution in [0.1, 0.15) is 5.56 Å². The SMILES string of the molecule is Cc1ccc(-n2c(-c3ccc(N(C)C)cc3)nc3ccccc3c2=O)cc1. The largest absolute Gasteiger partial charge is 0.378 e. The molecule has 0 unspecified atom stereocenters. The molecule has 1 aromatic heterocycles. The topological polar surface area (TPSA) is 38.1 Å². The molecule has 0 fully saturated rings. The van der Waals surface area contributed by atoms with Crippen molar-refractivity contribution in [3.63, 3.8) is 0 Å². The van der Waals surface area contributed by atoms with E-state index in [1.165, 1.54) is 0 Å². The highest BCUT2D eigenvalue weighted by atomic mass is 16.1. The van der Waals surface area contributed by atoms with E-state index in [9.17, 15) is 4.79 Å². The lowest BCUT2D eigenvalue weighted by Crippen LogP contribution is -2.22. The Morgan fingerprint density at radius 1 is 0.852 bits per heavy atom. The van der Waals surface area contributed by atoms with Gasteiger partial charge in [-0.05, 0) is 55.5 Å². The second-order valence-electron chi connectivity index (χ2n) is 6.87. The zero-order valence-corrected chi connectivity index (χ0v) is 15.7. The highest BCUT2D eigenvalue weighted by Gasteiger charge is 2.14. The Labute approximate surface area is 158 Å². The van der Waals surface area contributed by atoms with E-state index in [0.717, 1.165) is 22.5 Å². The highest BCUT2D eigenvalue weighted by molar-refractivity contribution is 5.80. The van der Waals surface area contributed by atoms with Gasteiger partial charge in [-0.1, -0.05) is 29.8 Å². The Kier molecular flexibility index (Phi) is 4.24. The smallest absolute Gasteiger partial charge is 0.266 e. The maximum absolute atomic E-state index is 13.3. The molecule has 134 valence electrons. The van der Waals surface area contributed by atoms with Crippen LogP contribution in [0.3, 0.4) is 0 Å². The summed E-state index contributed by atoms with van der Waals surface area (Å²) in [7, 11) is 4.01. The first-order chi connectivity index (χ1) is 13.0. The fourth-order valence-electron chi connectivity index (χ4n) is 3.17. The van der Waals surface area contributed by atoms with Crippen molar-refractivity contribution < 1.29 is 0 Å². The number of fused-ring (bicyclic) bond motifs is 1. The number of aromatic nitrogens is 2. The van der Waals surface area contributed by atoms with Crippen LogP contribution in [-0.2, 0) is 0 Å². The molecule has 0 bridgehead atoms. The van der Waals surface area contributed by atoms with Crippen molar-refractivity contribution in [2.24, 2.45) is 0 Å². The molecular formula is C23H21N3O. The fourth-order valence-corrected chi connectivity index (χ4v) is 3.17. The average Bonchev–Trinajstić information content (AvgIpc) is 2.69. The second-order valence-corrected chi connectivity index (χ2v) is 6.87. The minimum atomic E-state index is -0.0591. The van der Waals surface area contributed by atoms with Crippen molar-refractivity contribution in [1.29, 1.82) is 0 Å². The second kappa shape index (κ2) is 6.72. The molecule has 4 heteroatoms. The van der Waals surface area contributed by atoms with E-state index in [0.29, 0.717) is 16.7 Å². The molecule has 3 aromatic carbocycles. The van der Waals surface area contributed by atoms with Crippen molar-refractivity contribution in [3.8, 4) is 17.1 Å². The summed E-state index contributed by atoms with van der Waals surface area (Å²) < 4.78 is 1.70. The first kappa shape index (κ1) is 17.0. The highest BCUT2D eigenvalue weighted by Crippen LogP contribution is 2.24. The van der Waals surface area contributed by atoms with Crippen LogP contribution in [-0.4, -0.2) is 23.6 Å². The fraction of sp³-hybridized carbons (Fsp3) is 0.130. The van der Waals surface area contributed by atoms with E-state index in [-0.39, 0.29) is 5.56 Å². The first-order valence-corrected chi connectivity index (χ1v) is 8.91. The minimum Gasteiger partial charge on any atom is -0.378 e. The molecule has 4 nitrogen and oxygen atoms in total. The van der Waals surface area contributed by atoms with E-state index in [4.69, 9.17) is 4.98 Å². The number of para-hydroxylation sites is 1. The van der Waals surface area contributed by atoms with Crippen LogP contribution in [0.2, 0.25) is 0 Å². The van der Waals surface area contributed by atoms with Gasteiger partial charge >= 0.3 is 0 Å². The molecular weight excluding hydrogens is 334 g/mol. The molecule has 0 radical (unpaired) electrons. The summed E-state index contributed by atoms with van der Waals surface area (Å²) in [5, 5.41) is 0.617. The third-order valence-corrected chi connectivity index (χ3v) is 4.71. The van der Waals surface area contributed by atoms with Crippen molar-refractivity contribution in [2.45, 2.75) is 6.92 Å². The number of aryl methyl sites for hydroxylation is 1. The molecule has 0 saturated heterocycles. The normalized spacial score (nSPS) is 10.9. The summed E-state index contributed by atoms with van der Waals surface area (Å²) in [5.41, 5.74) is 4.62. The minimum absolute atomic E-state index is 0.0591. The summed E-state index contributed by atoms with van der Waals surface area (Å²) in [4.78, 5) is 20.2. The third kappa shape index (κ3) is 3.10. The van der Waals surface area contributed by atoms with E-state index in [1.54, 1.807) is 4.57 Å². The van der Waals surface area contributed by atoms with Crippen molar-refractivity contribution in [3.05, 3.63) is 88.7 Å². The van der Waals surface area contributed by atoms with Gasteiger partial charge in [0, 0.05) is 25.3 Å². The van der Waals surface area contributed by atoms with E-state index < -0.39 is 0 Å². The van der Waals surface area contributed by atoms with Gasteiger partial charge in [-0.25, -0.2) is 4.98 Å². The van der Waals surface area contributed by atoms with Gasteiger partial charge in [0.1, 0.15) is 5.82 Å². The monoisotopic (exact) mass is 355 g/mol. The predicted molar refractivity (Wildman–Crippen MR) is 112 cm³/mol. The molecule has 4 aromatic rings.